The van der Waals surface area contributed by atoms with Gasteiger partial charge in [-0.15, -0.1) is 0 Å². The third kappa shape index (κ3) is 2.03. The number of nitrogens with one attached hydrogen (secondary N) is 1. The fourth-order valence-electron chi connectivity index (χ4n) is 2.18. The molecule has 0 bridgehead atoms. The molecular weight excluding hydrogens is 272 g/mol. The monoisotopic (exact) mass is 284 g/mol. The van der Waals surface area contributed by atoms with Gasteiger partial charge in [0.1, 0.15) is 6.29 Å². The van der Waals surface area contributed by atoms with Crippen molar-refractivity contribution in [1.29, 1.82) is 0 Å². The van der Waals surface area contributed by atoms with Gasteiger partial charge >= 0.3 is 5.69 Å². The molecular formula is C14H12N4O3. The Kier molecular flexibility index (Phi) is 2.90. The maximum absolute atomic E-state index is 12.2. The molecule has 0 atom stereocenters. The Morgan fingerprint density at radius 1 is 1.14 bits per heavy atom. The van der Waals surface area contributed by atoms with Crippen LogP contribution in [0, 0.1) is 13.8 Å². The molecule has 0 saturated heterocycles. The Labute approximate surface area is 118 Å². The number of fused-ring (bicyclic) bond motifs is 2. The van der Waals surface area contributed by atoms with Crippen molar-refractivity contribution in [1.82, 2.24) is 19.5 Å². The predicted molar refractivity (Wildman–Crippen MR) is 77.5 cm³/mol. The number of hydrogen-bond acceptors (Lipinski definition) is 5. The molecule has 0 aliphatic carbocycles. The number of aldehydes is 1. The van der Waals surface area contributed by atoms with Gasteiger partial charge in [-0.3, -0.25) is 14.3 Å². The van der Waals surface area contributed by atoms with Crippen LogP contribution in [0.5, 0.6) is 0 Å². The van der Waals surface area contributed by atoms with Crippen molar-refractivity contribution >= 4 is 28.5 Å². The molecule has 1 aromatic carbocycles. The average Bonchev–Trinajstić information content (AvgIpc) is 2.44. The predicted octanol–water partition coefficient (Wildman–Crippen LogP) is 0.449. The van der Waals surface area contributed by atoms with E-state index < -0.39 is 11.2 Å². The number of benzene rings is 1. The molecule has 21 heavy (non-hydrogen) atoms. The minimum atomic E-state index is -0.669. The second-order valence-corrected chi connectivity index (χ2v) is 4.86. The van der Waals surface area contributed by atoms with Crippen molar-refractivity contribution in [2.24, 2.45) is 0 Å². The molecule has 7 nitrogen and oxygen atoms in total. The molecule has 3 rings (SSSR count). The van der Waals surface area contributed by atoms with Crippen LogP contribution >= 0.6 is 0 Å². The van der Waals surface area contributed by atoms with Crippen molar-refractivity contribution < 1.29 is 4.79 Å². The summed E-state index contributed by atoms with van der Waals surface area (Å²) in [6.07, 6.45) is 0.491. The van der Waals surface area contributed by atoms with Crippen molar-refractivity contribution in [3.63, 3.8) is 0 Å². The van der Waals surface area contributed by atoms with E-state index in [9.17, 15) is 14.4 Å². The van der Waals surface area contributed by atoms with Gasteiger partial charge in [-0.05, 0) is 37.1 Å². The zero-order chi connectivity index (χ0) is 15.1. The highest BCUT2D eigenvalue weighted by atomic mass is 16.2. The molecule has 0 unspecified atom stereocenters. The van der Waals surface area contributed by atoms with Gasteiger partial charge in [-0.2, -0.15) is 0 Å². The molecule has 0 aliphatic rings. The van der Waals surface area contributed by atoms with Gasteiger partial charge in [0.25, 0.3) is 5.56 Å². The molecule has 106 valence electrons. The fourth-order valence-corrected chi connectivity index (χ4v) is 2.18. The summed E-state index contributed by atoms with van der Waals surface area (Å²) in [5, 5.41) is 0. The number of aromatic amines is 1. The topological polar surface area (TPSA) is 97.7 Å². The highest BCUT2D eigenvalue weighted by Crippen LogP contribution is 2.17. The second-order valence-electron chi connectivity index (χ2n) is 4.86. The van der Waals surface area contributed by atoms with E-state index in [-0.39, 0.29) is 17.7 Å². The van der Waals surface area contributed by atoms with Crippen molar-refractivity contribution in [2.45, 2.75) is 20.4 Å². The van der Waals surface area contributed by atoms with Crippen LogP contribution in [-0.2, 0) is 11.3 Å². The van der Waals surface area contributed by atoms with Crippen LogP contribution in [-0.4, -0.2) is 25.8 Å². The standard InChI is InChI=1S/C14H12N4O3/c1-7-5-9-10(6-8(7)2)16-12-11(15-9)13(20)18(3-4-19)14(21)17-12/h4-6H,3H2,1-2H3,(H,16,17,21). The average molecular weight is 284 g/mol. The van der Waals surface area contributed by atoms with Crippen molar-refractivity contribution in [2.75, 3.05) is 0 Å². The van der Waals surface area contributed by atoms with Crippen LogP contribution in [0.4, 0.5) is 0 Å². The lowest BCUT2D eigenvalue weighted by Gasteiger charge is -2.05. The SMILES string of the molecule is Cc1cc2nc3[nH]c(=O)n(CC=O)c(=O)c3nc2cc1C. The van der Waals surface area contributed by atoms with Crippen LogP contribution < -0.4 is 11.2 Å². The van der Waals surface area contributed by atoms with Gasteiger partial charge in [0.2, 0.25) is 0 Å². The first kappa shape index (κ1) is 13.2. The number of H-pyrrole nitrogens is 1. The third-order valence-corrected chi connectivity index (χ3v) is 3.46. The summed E-state index contributed by atoms with van der Waals surface area (Å²) < 4.78 is 0.802. The zero-order valence-corrected chi connectivity index (χ0v) is 11.5. The minimum Gasteiger partial charge on any atom is -0.301 e. The van der Waals surface area contributed by atoms with Gasteiger partial charge in [-0.1, -0.05) is 0 Å². The van der Waals surface area contributed by atoms with Gasteiger partial charge in [0, 0.05) is 0 Å². The molecule has 0 fully saturated rings. The number of carbonyl (C=O) groups excluding carboxylic acids is 1. The summed E-state index contributed by atoms with van der Waals surface area (Å²) >= 11 is 0. The van der Waals surface area contributed by atoms with E-state index in [1.54, 1.807) is 0 Å². The number of hydrogen-bond donors (Lipinski definition) is 1. The zero-order valence-electron chi connectivity index (χ0n) is 11.5. The molecule has 1 N–H and O–H groups in total. The highest BCUT2D eigenvalue weighted by Gasteiger charge is 2.11. The summed E-state index contributed by atoms with van der Waals surface area (Å²) in [7, 11) is 0. The largest absolute Gasteiger partial charge is 0.330 e. The molecule has 0 radical (unpaired) electrons. The highest BCUT2D eigenvalue weighted by molar-refractivity contribution is 5.84. The van der Waals surface area contributed by atoms with Crippen LogP contribution in [0.3, 0.4) is 0 Å². The van der Waals surface area contributed by atoms with E-state index in [1.807, 2.05) is 26.0 Å². The van der Waals surface area contributed by atoms with Crippen molar-refractivity contribution in [3.05, 3.63) is 44.1 Å². The van der Waals surface area contributed by atoms with Crippen LogP contribution in [0.2, 0.25) is 0 Å². The quantitative estimate of drug-likeness (QED) is 0.544. The Morgan fingerprint density at radius 2 is 1.76 bits per heavy atom. The minimum absolute atomic E-state index is 0.0483. The number of carbonyl (C=O) groups is 1. The molecule has 0 amide bonds. The fraction of sp³-hybridized carbons (Fsp3) is 0.214. The van der Waals surface area contributed by atoms with E-state index in [1.165, 1.54) is 0 Å². The first-order valence-electron chi connectivity index (χ1n) is 6.36. The maximum atomic E-state index is 12.2. The Morgan fingerprint density at radius 3 is 2.38 bits per heavy atom. The molecule has 0 aliphatic heterocycles. The molecule has 2 aromatic heterocycles. The third-order valence-electron chi connectivity index (χ3n) is 3.46. The molecule has 2 heterocycles. The first-order chi connectivity index (χ1) is 10.0. The van der Waals surface area contributed by atoms with Crippen molar-refractivity contribution in [3.8, 4) is 0 Å². The molecule has 3 aromatic rings. The van der Waals surface area contributed by atoms with Gasteiger partial charge < -0.3 is 4.79 Å². The number of nitrogens with zero attached hydrogens (tertiary/aromatic N) is 3. The lowest BCUT2D eigenvalue weighted by molar-refractivity contribution is -0.108. The van der Waals surface area contributed by atoms with Crippen LogP contribution in [0.1, 0.15) is 11.1 Å². The van der Waals surface area contributed by atoms with E-state index in [4.69, 9.17) is 0 Å². The molecule has 0 spiro atoms. The Hall–Kier alpha value is -2.83. The van der Waals surface area contributed by atoms with E-state index in [0.29, 0.717) is 17.3 Å². The van der Waals surface area contributed by atoms with E-state index >= 15 is 0 Å². The van der Waals surface area contributed by atoms with E-state index in [2.05, 4.69) is 15.0 Å². The maximum Gasteiger partial charge on any atom is 0.330 e. The second kappa shape index (κ2) is 4.62. The van der Waals surface area contributed by atoms with Crippen LogP contribution in [0.15, 0.2) is 21.7 Å². The Balaban J connectivity index is 2.46. The van der Waals surface area contributed by atoms with Gasteiger partial charge in [0.05, 0.1) is 17.6 Å². The lowest BCUT2D eigenvalue weighted by atomic mass is 10.1. The van der Waals surface area contributed by atoms with Crippen LogP contribution in [0.25, 0.3) is 22.2 Å². The molecule has 0 saturated carbocycles. The van der Waals surface area contributed by atoms with E-state index in [0.717, 1.165) is 15.7 Å². The smallest absolute Gasteiger partial charge is 0.301 e. The number of aryl methyl sites for hydroxylation is 2. The normalized spacial score (nSPS) is 11.1. The summed E-state index contributed by atoms with van der Waals surface area (Å²) in [5.41, 5.74) is 2.16. The number of aromatic nitrogens is 4. The summed E-state index contributed by atoms with van der Waals surface area (Å²) in [5.74, 6) is 0. The first-order valence-corrected chi connectivity index (χ1v) is 6.36. The summed E-state index contributed by atoms with van der Waals surface area (Å²) in [6, 6.07) is 3.69. The molecule has 7 heteroatoms. The Bertz CT molecular complexity index is 1000. The lowest BCUT2D eigenvalue weighted by Crippen LogP contribution is -2.36. The van der Waals surface area contributed by atoms with Gasteiger partial charge in [0.15, 0.2) is 11.2 Å². The number of rotatable bonds is 2. The summed E-state index contributed by atoms with van der Waals surface area (Å²) in [4.78, 5) is 45.6. The summed E-state index contributed by atoms with van der Waals surface area (Å²) in [6.45, 7) is 3.58. The van der Waals surface area contributed by atoms with Gasteiger partial charge in [-0.25, -0.2) is 14.8 Å².